The molecule has 0 saturated carbocycles. The van der Waals surface area contributed by atoms with Gasteiger partial charge in [-0.15, -0.1) is 0 Å². The maximum atomic E-state index is 12.3. The predicted octanol–water partition coefficient (Wildman–Crippen LogP) is 5.33. The zero-order valence-corrected chi connectivity index (χ0v) is 15.1. The molecule has 2 aromatic rings. The van der Waals surface area contributed by atoms with Gasteiger partial charge in [-0.05, 0) is 48.4 Å². The van der Waals surface area contributed by atoms with Crippen LogP contribution < -0.4 is 10.1 Å². The van der Waals surface area contributed by atoms with E-state index in [1.807, 2.05) is 13.0 Å². The molecule has 0 aliphatic rings. The minimum atomic E-state index is -0.557. The monoisotopic (exact) mass is 374 g/mol. The lowest BCUT2D eigenvalue weighted by Crippen LogP contribution is -2.13. The molecule has 2 rings (SSSR count). The summed E-state index contributed by atoms with van der Waals surface area (Å²) in [7, 11) is 0. The van der Waals surface area contributed by atoms with E-state index in [9.17, 15) is 10.1 Å². The van der Waals surface area contributed by atoms with Crippen molar-refractivity contribution in [3.05, 3.63) is 63.6 Å². The van der Waals surface area contributed by atoms with Crippen LogP contribution in [-0.2, 0) is 4.79 Å². The first-order chi connectivity index (χ1) is 12.0. The van der Waals surface area contributed by atoms with Crippen LogP contribution in [0.4, 0.5) is 5.69 Å². The molecule has 0 spiro atoms. The van der Waals surface area contributed by atoms with E-state index in [4.69, 9.17) is 27.9 Å². The van der Waals surface area contributed by atoms with E-state index in [2.05, 4.69) is 5.32 Å². The summed E-state index contributed by atoms with van der Waals surface area (Å²) in [6, 6.07) is 13.8. The highest BCUT2D eigenvalue weighted by atomic mass is 35.5. The SMILES string of the molecule is CCCOc1ccc(/C=C(\C#N)C(=O)Nc2cc(Cl)ccc2Cl)cc1. The van der Waals surface area contributed by atoms with E-state index in [1.165, 1.54) is 12.1 Å². The molecule has 0 saturated heterocycles. The third-order valence-electron chi connectivity index (χ3n) is 3.21. The molecule has 0 fully saturated rings. The van der Waals surface area contributed by atoms with Gasteiger partial charge < -0.3 is 10.1 Å². The number of ether oxygens (including phenoxy) is 1. The average molecular weight is 375 g/mol. The molecule has 0 radical (unpaired) electrons. The normalized spacial score (nSPS) is 10.9. The molecule has 0 heterocycles. The summed E-state index contributed by atoms with van der Waals surface area (Å²) in [6.45, 7) is 2.67. The van der Waals surface area contributed by atoms with Gasteiger partial charge in [-0.2, -0.15) is 5.26 Å². The number of nitriles is 1. The summed E-state index contributed by atoms with van der Waals surface area (Å²) in [4.78, 5) is 12.3. The second-order valence-corrected chi connectivity index (χ2v) is 6.01. The van der Waals surface area contributed by atoms with Crippen LogP contribution >= 0.6 is 23.2 Å². The largest absolute Gasteiger partial charge is 0.494 e. The summed E-state index contributed by atoms with van der Waals surface area (Å²) in [5.41, 5.74) is 1.02. The molecular formula is C19H16Cl2N2O2. The minimum Gasteiger partial charge on any atom is -0.494 e. The van der Waals surface area contributed by atoms with Crippen molar-refractivity contribution in [2.75, 3.05) is 11.9 Å². The molecule has 6 heteroatoms. The van der Waals surface area contributed by atoms with Gasteiger partial charge in [0.1, 0.15) is 17.4 Å². The van der Waals surface area contributed by atoms with Crippen molar-refractivity contribution in [3.8, 4) is 11.8 Å². The molecule has 0 aliphatic carbocycles. The Morgan fingerprint density at radius 2 is 1.96 bits per heavy atom. The summed E-state index contributed by atoms with van der Waals surface area (Å²) in [5.74, 6) is 0.186. The summed E-state index contributed by atoms with van der Waals surface area (Å²) in [5, 5.41) is 12.6. The first kappa shape index (κ1) is 18.9. The fraction of sp³-hybridized carbons (Fsp3) is 0.158. The van der Waals surface area contributed by atoms with Gasteiger partial charge in [0.2, 0.25) is 0 Å². The number of carbonyl (C=O) groups excluding carboxylic acids is 1. The molecule has 128 valence electrons. The Labute approximate surface area is 156 Å². The van der Waals surface area contributed by atoms with Gasteiger partial charge in [0.05, 0.1) is 17.3 Å². The van der Waals surface area contributed by atoms with Gasteiger partial charge >= 0.3 is 0 Å². The lowest BCUT2D eigenvalue weighted by Gasteiger charge is -2.07. The zero-order valence-electron chi connectivity index (χ0n) is 13.6. The van der Waals surface area contributed by atoms with Crippen molar-refractivity contribution in [2.45, 2.75) is 13.3 Å². The molecule has 1 N–H and O–H groups in total. The van der Waals surface area contributed by atoms with Crippen molar-refractivity contribution in [1.82, 2.24) is 0 Å². The van der Waals surface area contributed by atoms with Crippen molar-refractivity contribution >= 4 is 40.9 Å². The number of amides is 1. The van der Waals surface area contributed by atoms with E-state index >= 15 is 0 Å². The van der Waals surface area contributed by atoms with Crippen molar-refractivity contribution in [2.24, 2.45) is 0 Å². The first-order valence-electron chi connectivity index (χ1n) is 7.64. The highest BCUT2D eigenvalue weighted by molar-refractivity contribution is 6.36. The fourth-order valence-electron chi connectivity index (χ4n) is 1.98. The van der Waals surface area contributed by atoms with Crippen LogP contribution in [0, 0.1) is 11.3 Å². The number of nitrogens with zero attached hydrogens (tertiary/aromatic N) is 1. The Morgan fingerprint density at radius 1 is 1.24 bits per heavy atom. The van der Waals surface area contributed by atoms with Crippen molar-refractivity contribution in [3.63, 3.8) is 0 Å². The molecular weight excluding hydrogens is 359 g/mol. The fourth-order valence-corrected chi connectivity index (χ4v) is 2.32. The molecule has 0 aliphatic heterocycles. The van der Waals surface area contributed by atoms with Crippen molar-refractivity contribution < 1.29 is 9.53 Å². The quantitative estimate of drug-likeness (QED) is 0.549. The number of nitrogens with one attached hydrogen (secondary N) is 1. The summed E-state index contributed by atoms with van der Waals surface area (Å²) < 4.78 is 5.50. The van der Waals surface area contributed by atoms with Crippen LogP contribution in [-0.4, -0.2) is 12.5 Å². The summed E-state index contributed by atoms with van der Waals surface area (Å²) in [6.07, 6.45) is 2.42. The predicted molar refractivity (Wildman–Crippen MR) is 101 cm³/mol. The third kappa shape index (κ3) is 5.53. The Bertz CT molecular complexity index is 824. The number of hydrogen-bond donors (Lipinski definition) is 1. The Hall–Kier alpha value is -2.48. The van der Waals surface area contributed by atoms with Crippen LogP contribution in [0.3, 0.4) is 0 Å². The van der Waals surface area contributed by atoms with Gasteiger partial charge in [0, 0.05) is 5.02 Å². The number of rotatable bonds is 6. The van der Waals surface area contributed by atoms with E-state index in [-0.39, 0.29) is 5.57 Å². The zero-order chi connectivity index (χ0) is 18.2. The van der Waals surface area contributed by atoms with Gasteiger partial charge in [-0.25, -0.2) is 0 Å². The second-order valence-electron chi connectivity index (χ2n) is 5.17. The number of benzene rings is 2. The van der Waals surface area contributed by atoms with Crippen LogP contribution in [0.1, 0.15) is 18.9 Å². The first-order valence-corrected chi connectivity index (χ1v) is 8.40. The standard InChI is InChI=1S/C19H16Cl2N2O2/c1-2-9-25-16-6-3-13(4-7-16)10-14(12-22)19(24)23-18-11-15(20)5-8-17(18)21/h3-8,10-11H,2,9H2,1H3,(H,23,24)/b14-10+. The maximum absolute atomic E-state index is 12.3. The summed E-state index contributed by atoms with van der Waals surface area (Å²) >= 11 is 11.9. The minimum absolute atomic E-state index is 0.0433. The second kappa shape index (κ2) is 9.12. The van der Waals surface area contributed by atoms with E-state index in [1.54, 1.807) is 36.4 Å². The average Bonchev–Trinajstić information content (AvgIpc) is 2.61. The number of anilines is 1. The van der Waals surface area contributed by atoms with Gasteiger partial charge in [0.25, 0.3) is 5.91 Å². The molecule has 0 unspecified atom stereocenters. The number of hydrogen-bond acceptors (Lipinski definition) is 3. The third-order valence-corrected chi connectivity index (χ3v) is 3.77. The van der Waals surface area contributed by atoms with Crippen LogP contribution in [0.25, 0.3) is 6.08 Å². The van der Waals surface area contributed by atoms with Crippen LogP contribution in [0.2, 0.25) is 10.0 Å². The topological polar surface area (TPSA) is 62.1 Å². The molecule has 25 heavy (non-hydrogen) atoms. The van der Waals surface area contributed by atoms with Crippen LogP contribution in [0.15, 0.2) is 48.0 Å². The lowest BCUT2D eigenvalue weighted by molar-refractivity contribution is -0.112. The highest BCUT2D eigenvalue weighted by Crippen LogP contribution is 2.26. The lowest BCUT2D eigenvalue weighted by atomic mass is 10.1. The molecule has 1 amide bonds. The Balaban J connectivity index is 2.15. The van der Waals surface area contributed by atoms with Crippen LogP contribution in [0.5, 0.6) is 5.75 Å². The Morgan fingerprint density at radius 3 is 2.60 bits per heavy atom. The maximum Gasteiger partial charge on any atom is 0.266 e. The van der Waals surface area contributed by atoms with E-state index < -0.39 is 5.91 Å². The number of carbonyl (C=O) groups is 1. The highest BCUT2D eigenvalue weighted by Gasteiger charge is 2.12. The molecule has 0 atom stereocenters. The molecule has 0 aromatic heterocycles. The van der Waals surface area contributed by atoms with Gasteiger partial charge in [-0.3, -0.25) is 4.79 Å². The molecule has 0 bridgehead atoms. The van der Waals surface area contributed by atoms with E-state index in [0.717, 1.165) is 12.2 Å². The molecule has 2 aromatic carbocycles. The smallest absolute Gasteiger partial charge is 0.266 e. The number of halogens is 2. The van der Waals surface area contributed by atoms with Gasteiger partial charge in [-0.1, -0.05) is 42.3 Å². The molecule has 4 nitrogen and oxygen atoms in total. The van der Waals surface area contributed by atoms with Gasteiger partial charge in [0.15, 0.2) is 0 Å². The van der Waals surface area contributed by atoms with E-state index in [0.29, 0.717) is 27.9 Å². The van der Waals surface area contributed by atoms with Crippen molar-refractivity contribution in [1.29, 1.82) is 5.26 Å². The Kier molecular flexibility index (Phi) is 6.88.